The number of aromatic amines is 1. The molecule has 2 heterocycles. The minimum Gasteiger partial charge on any atom is -0.492 e. The monoisotopic (exact) mass is 452 g/mol. The first-order valence-electron chi connectivity index (χ1n) is 11.7. The van der Waals surface area contributed by atoms with Crippen LogP contribution in [0.15, 0.2) is 18.5 Å². The summed E-state index contributed by atoms with van der Waals surface area (Å²) in [4.78, 5) is 25.1. The zero-order chi connectivity index (χ0) is 23.1. The second-order valence-corrected chi connectivity index (χ2v) is 9.39. The lowest BCUT2D eigenvalue weighted by Gasteiger charge is -2.26. The van der Waals surface area contributed by atoms with E-state index in [0.29, 0.717) is 58.2 Å². The van der Waals surface area contributed by atoms with Gasteiger partial charge in [0.2, 0.25) is 0 Å². The number of benzene rings is 1. The molecule has 0 aliphatic heterocycles. The van der Waals surface area contributed by atoms with E-state index in [1.165, 1.54) is 6.33 Å². The maximum absolute atomic E-state index is 15.4. The Morgan fingerprint density at radius 3 is 2.82 bits per heavy atom. The lowest BCUT2D eigenvalue weighted by molar-refractivity contribution is 0.0850. The maximum Gasteiger partial charge on any atom is 0.255 e. The molecule has 2 aliphatic rings. The van der Waals surface area contributed by atoms with Gasteiger partial charge < -0.3 is 20.1 Å². The summed E-state index contributed by atoms with van der Waals surface area (Å²) in [6.07, 6.45) is 6.26. The Labute approximate surface area is 191 Å². The van der Waals surface area contributed by atoms with Crippen LogP contribution >= 0.6 is 0 Å². The van der Waals surface area contributed by atoms with Crippen molar-refractivity contribution in [1.82, 2.24) is 20.3 Å². The molecule has 1 aromatic carbocycles. The molecule has 2 aliphatic carbocycles. The van der Waals surface area contributed by atoms with Gasteiger partial charge in [0.1, 0.15) is 29.1 Å². The number of rotatable bonds is 6. The summed E-state index contributed by atoms with van der Waals surface area (Å²) in [6, 6.07) is 3.40. The van der Waals surface area contributed by atoms with E-state index in [1.54, 1.807) is 26.0 Å². The minimum absolute atomic E-state index is 0.0800. The van der Waals surface area contributed by atoms with Crippen LogP contribution in [0, 0.1) is 25.6 Å². The predicted octanol–water partition coefficient (Wildman–Crippen LogP) is 4.20. The van der Waals surface area contributed by atoms with Gasteiger partial charge in [0, 0.05) is 11.7 Å². The summed E-state index contributed by atoms with van der Waals surface area (Å²) < 4.78 is 21.3. The third-order valence-corrected chi connectivity index (χ3v) is 6.69. The van der Waals surface area contributed by atoms with Gasteiger partial charge in [-0.1, -0.05) is 6.07 Å². The summed E-state index contributed by atoms with van der Waals surface area (Å²) in [5.74, 6) is 0.323. The minimum atomic E-state index is -0.391. The van der Waals surface area contributed by atoms with Crippen LogP contribution in [0.3, 0.4) is 0 Å². The lowest BCUT2D eigenvalue weighted by Crippen LogP contribution is -2.39. The molecule has 3 N–H and O–H groups in total. The molecule has 0 spiro atoms. The predicted molar refractivity (Wildman–Crippen MR) is 123 cm³/mol. The third-order valence-electron chi connectivity index (χ3n) is 6.69. The Morgan fingerprint density at radius 2 is 2.06 bits per heavy atom. The number of aryl methyl sites for hydroxylation is 2. The Morgan fingerprint density at radius 1 is 1.24 bits per heavy atom. The summed E-state index contributed by atoms with van der Waals surface area (Å²) in [7, 11) is 0. The molecule has 8 heteroatoms. The molecular formula is C25H29FN4O3. The molecule has 7 nitrogen and oxygen atoms in total. The van der Waals surface area contributed by atoms with Crippen molar-refractivity contribution in [2.24, 2.45) is 5.92 Å². The number of aliphatic hydroxyl groups is 1. The quantitative estimate of drug-likeness (QED) is 0.520. The van der Waals surface area contributed by atoms with E-state index in [1.807, 2.05) is 0 Å². The van der Waals surface area contributed by atoms with E-state index in [2.05, 4.69) is 20.3 Å². The number of ether oxygens (including phenoxy) is 1. The van der Waals surface area contributed by atoms with E-state index in [9.17, 15) is 9.90 Å². The SMILES string of the molecule is Cc1ccc(OCC2CC2)c(-c2ncnc3c(C(=O)N[C@H]4CCC[C@H](O)C4)c(C)[nH]c23)c1F. The maximum atomic E-state index is 15.4. The first kappa shape index (κ1) is 21.8. The molecule has 2 atom stereocenters. The number of hydrogen-bond acceptors (Lipinski definition) is 5. The molecule has 0 radical (unpaired) electrons. The zero-order valence-electron chi connectivity index (χ0n) is 18.9. The smallest absolute Gasteiger partial charge is 0.255 e. The van der Waals surface area contributed by atoms with Crippen molar-refractivity contribution in [2.45, 2.75) is 64.5 Å². The Kier molecular flexibility index (Phi) is 5.78. The van der Waals surface area contributed by atoms with E-state index in [4.69, 9.17) is 4.74 Å². The summed E-state index contributed by atoms with van der Waals surface area (Å²) >= 11 is 0. The number of H-pyrrole nitrogens is 1. The Hall–Kier alpha value is -3.00. The second-order valence-electron chi connectivity index (χ2n) is 9.39. The average molecular weight is 453 g/mol. The molecule has 33 heavy (non-hydrogen) atoms. The molecule has 5 rings (SSSR count). The van der Waals surface area contributed by atoms with Gasteiger partial charge in [-0.15, -0.1) is 0 Å². The molecule has 3 aromatic rings. The summed E-state index contributed by atoms with van der Waals surface area (Å²) in [5, 5.41) is 13.0. The average Bonchev–Trinajstić information content (AvgIpc) is 3.54. The molecular weight excluding hydrogens is 423 g/mol. The fourth-order valence-corrected chi connectivity index (χ4v) is 4.64. The largest absolute Gasteiger partial charge is 0.492 e. The van der Waals surface area contributed by atoms with Gasteiger partial charge in [0.15, 0.2) is 0 Å². The van der Waals surface area contributed by atoms with Crippen molar-refractivity contribution >= 4 is 16.9 Å². The molecule has 2 saturated carbocycles. The van der Waals surface area contributed by atoms with Gasteiger partial charge in [-0.2, -0.15) is 0 Å². The van der Waals surface area contributed by atoms with Crippen LogP contribution in [0.2, 0.25) is 0 Å². The first-order valence-corrected chi connectivity index (χ1v) is 11.7. The Bertz CT molecular complexity index is 1200. The molecule has 174 valence electrons. The molecule has 1 amide bonds. The van der Waals surface area contributed by atoms with Crippen molar-refractivity contribution < 1.29 is 19.0 Å². The molecule has 0 unspecified atom stereocenters. The number of amides is 1. The van der Waals surface area contributed by atoms with Crippen molar-refractivity contribution in [1.29, 1.82) is 0 Å². The second kappa shape index (κ2) is 8.74. The molecule has 2 aromatic heterocycles. The van der Waals surface area contributed by atoms with E-state index >= 15 is 4.39 Å². The molecule has 0 saturated heterocycles. The molecule has 2 fully saturated rings. The van der Waals surface area contributed by atoms with E-state index in [-0.39, 0.29) is 23.6 Å². The number of hydrogen-bond donors (Lipinski definition) is 3. The van der Waals surface area contributed by atoms with Crippen LogP contribution in [0.5, 0.6) is 5.75 Å². The van der Waals surface area contributed by atoms with E-state index < -0.39 is 5.82 Å². The van der Waals surface area contributed by atoms with Gasteiger partial charge in [-0.3, -0.25) is 4.79 Å². The normalized spacial score (nSPS) is 20.7. The van der Waals surface area contributed by atoms with Crippen LogP contribution in [0.4, 0.5) is 4.39 Å². The summed E-state index contributed by atoms with van der Waals surface area (Å²) in [5.41, 5.74) is 3.16. The topological polar surface area (TPSA) is 100 Å². The van der Waals surface area contributed by atoms with Gasteiger partial charge in [0.25, 0.3) is 5.91 Å². The van der Waals surface area contributed by atoms with E-state index in [0.717, 1.165) is 32.1 Å². The highest BCUT2D eigenvalue weighted by Gasteiger charge is 2.28. The van der Waals surface area contributed by atoms with Crippen LogP contribution in [0.1, 0.15) is 60.1 Å². The van der Waals surface area contributed by atoms with Crippen molar-refractivity contribution in [2.75, 3.05) is 6.61 Å². The number of halogens is 1. The standard InChI is InChI=1S/C25H29FN4O3/c1-13-6-9-18(33-11-15-7-8-15)20(21(13)26)23-24-22(27-12-28-23)19(14(2)29-24)25(32)30-16-4-3-5-17(31)10-16/h6,9,12,15-17,29,31H,3-5,7-8,10-11H2,1-2H3,(H,30,32)/t16-,17-/m0/s1. The van der Waals surface area contributed by atoms with Crippen molar-refractivity contribution in [3.8, 4) is 17.0 Å². The Balaban J connectivity index is 1.54. The van der Waals surface area contributed by atoms with Crippen LogP contribution in [-0.2, 0) is 0 Å². The molecule has 0 bridgehead atoms. The number of fused-ring (bicyclic) bond motifs is 1. The van der Waals surface area contributed by atoms with Gasteiger partial charge in [-0.25, -0.2) is 14.4 Å². The fraction of sp³-hybridized carbons (Fsp3) is 0.480. The lowest BCUT2D eigenvalue weighted by atomic mass is 9.93. The van der Waals surface area contributed by atoms with Crippen LogP contribution in [-0.4, -0.2) is 44.7 Å². The number of nitrogens with zero attached hydrogens (tertiary/aromatic N) is 2. The number of carbonyl (C=O) groups excluding carboxylic acids is 1. The number of carbonyl (C=O) groups is 1. The van der Waals surface area contributed by atoms with Gasteiger partial charge >= 0.3 is 0 Å². The highest BCUT2D eigenvalue weighted by Crippen LogP contribution is 2.39. The van der Waals surface area contributed by atoms with Gasteiger partial charge in [0.05, 0.1) is 29.4 Å². The highest BCUT2D eigenvalue weighted by molar-refractivity contribution is 6.09. The highest BCUT2D eigenvalue weighted by atomic mass is 19.1. The van der Waals surface area contributed by atoms with Crippen LogP contribution < -0.4 is 10.1 Å². The number of aromatic nitrogens is 3. The van der Waals surface area contributed by atoms with Crippen LogP contribution in [0.25, 0.3) is 22.3 Å². The van der Waals surface area contributed by atoms with Crippen molar-refractivity contribution in [3.05, 3.63) is 41.1 Å². The first-order chi connectivity index (χ1) is 15.9. The third kappa shape index (κ3) is 4.31. The van der Waals surface area contributed by atoms with Crippen molar-refractivity contribution in [3.63, 3.8) is 0 Å². The zero-order valence-corrected chi connectivity index (χ0v) is 18.9. The summed E-state index contributed by atoms with van der Waals surface area (Å²) in [6.45, 7) is 4.06. The number of nitrogens with one attached hydrogen (secondary N) is 2. The number of aliphatic hydroxyl groups excluding tert-OH is 1. The van der Waals surface area contributed by atoms with Gasteiger partial charge in [-0.05, 0) is 69.9 Å². The fourth-order valence-electron chi connectivity index (χ4n) is 4.64.